The molecule has 0 bridgehead atoms. The Bertz CT molecular complexity index is 674. The molecule has 0 fully saturated rings. The predicted molar refractivity (Wildman–Crippen MR) is 78.7 cm³/mol. The second-order valence-corrected chi connectivity index (χ2v) is 5.52. The van der Waals surface area contributed by atoms with Gasteiger partial charge in [0, 0.05) is 6.54 Å². The van der Waals surface area contributed by atoms with Crippen LogP contribution in [0.15, 0.2) is 28.2 Å². The van der Waals surface area contributed by atoms with Gasteiger partial charge in [-0.3, -0.25) is 0 Å². The molecule has 3 aromatic heterocycles. The van der Waals surface area contributed by atoms with Crippen molar-refractivity contribution in [1.29, 1.82) is 0 Å². The van der Waals surface area contributed by atoms with Crippen molar-refractivity contribution >= 4 is 11.3 Å². The van der Waals surface area contributed by atoms with Gasteiger partial charge in [0.25, 0.3) is 5.89 Å². The van der Waals surface area contributed by atoms with Crippen molar-refractivity contribution < 1.29 is 4.52 Å². The van der Waals surface area contributed by atoms with Crippen LogP contribution in [0.4, 0.5) is 0 Å². The molecule has 0 atom stereocenters. The van der Waals surface area contributed by atoms with Gasteiger partial charge >= 0.3 is 0 Å². The van der Waals surface area contributed by atoms with Gasteiger partial charge in [0.15, 0.2) is 5.82 Å². The molecule has 21 heavy (non-hydrogen) atoms. The smallest absolute Gasteiger partial charge is 0.268 e. The van der Waals surface area contributed by atoms with Gasteiger partial charge in [-0.15, -0.1) is 16.4 Å². The topological polar surface area (TPSA) is 81.7 Å². The molecule has 0 spiro atoms. The largest absolute Gasteiger partial charge is 0.333 e. The summed E-state index contributed by atoms with van der Waals surface area (Å²) in [5.41, 5.74) is 0.908. The highest BCUT2D eigenvalue weighted by atomic mass is 32.1. The van der Waals surface area contributed by atoms with Crippen molar-refractivity contribution in [3.63, 3.8) is 0 Å². The first-order chi connectivity index (χ1) is 10.3. The molecule has 0 saturated carbocycles. The Kier molecular flexibility index (Phi) is 4.37. The molecule has 0 aliphatic carbocycles. The van der Waals surface area contributed by atoms with Crippen LogP contribution in [-0.4, -0.2) is 31.7 Å². The van der Waals surface area contributed by atoms with Gasteiger partial charge in [0.2, 0.25) is 0 Å². The zero-order valence-corrected chi connectivity index (χ0v) is 12.5. The molecule has 1 N–H and O–H groups in total. The normalized spacial score (nSPS) is 11.1. The van der Waals surface area contributed by atoms with Crippen molar-refractivity contribution in [2.45, 2.75) is 26.4 Å². The molecule has 0 aliphatic rings. The van der Waals surface area contributed by atoms with Gasteiger partial charge in [-0.25, -0.2) is 4.68 Å². The molecule has 0 aliphatic heterocycles. The van der Waals surface area contributed by atoms with Crippen molar-refractivity contribution in [3.05, 3.63) is 35.2 Å². The van der Waals surface area contributed by atoms with Crippen molar-refractivity contribution in [2.24, 2.45) is 0 Å². The minimum Gasteiger partial charge on any atom is -0.333 e. The van der Waals surface area contributed by atoms with E-state index in [1.807, 2.05) is 23.7 Å². The van der Waals surface area contributed by atoms with E-state index in [2.05, 4.69) is 32.7 Å². The third-order valence-corrected chi connectivity index (χ3v) is 3.68. The van der Waals surface area contributed by atoms with E-state index < -0.39 is 0 Å². The summed E-state index contributed by atoms with van der Waals surface area (Å²) >= 11 is 1.57. The minimum absolute atomic E-state index is 0.454. The fourth-order valence-electron chi connectivity index (χ4n) is 1.85. The number of hydrogen-bond acceptors (Lipinski definition) is 7. The summed E-state index contributed by atoms with van der Waals surface area (Å²) in [4.78, 5) is 5.33. The van der Waals surface area contributed by atoms with Gasteiger partial charge in [0.1, 0.15) is 6.54 Å². The first-order valence-electron chi connectivity index (χ1n) is 6.81. The van der Waals surface area contributed by atoms with Crippen LogP contribution < -0.4 is 5.32 Å². The van der Waals surface area contributed by atoms with E-state index in [1.165, 1.54) is 0 Å². The average molecular weight is 304 g/mol. The van der Waals surface area contributed by atoms with Gasteiger partial charge in [-0.05, 0) is 24.4 Å². The van der Waals surface area contributed by atoms with E-state index in [4.69, 9.17) is 4.52 Å². The van der Waals surface area contributed by atoms with Gasteiger partial charge in [0.05, 0.1) is 16.8 Å². The number of rotatable bonds is 7. The van der Waals surface area contributed by atoms with Crippen LogP contribution in [0.25, 0.3) is 10.8 Å². The van der Waals surface area contributed by atoms with Crippen molar-refractivity contribution in [1.82, 2.24) is 30.5 Å². The first-order valence-corrected chi connectivity index (χ1v) is 7.69. The Morgan fingerprint density at radius 1 is 1.43 bits per heavy atom. The Balaban J connectivity index is 1.61. The van der Waals surface area contributed by atoms with Crippen LogP contribution in [0, 0.1) is 0 Å². The average Bonchev–Trinajstić information content (AvgIpc) is 3.20. The molecule has 0 amide bonds. The van der Waals surface area contributed by atoms with Crippen LogP contribution in [-0.2, 0) is 13.1 Å². The van der Waals surface area contributed by atoms with Crippen LogP contribution in [0.1, 0.15) is 24.9 Å². The highest BCUT2D eigenvalue weighted by Crippen LogP contribution is 2.22. The lowest BCUT2D eigenvalue weighted by atomic mass is 10.4. The fourth-order valence-corrected chi connectivity index (χ4v) is 2.50. The molecular formula is C13H16N6OS. The van der Waals surface area contributed by atoms with Crippen molar-refractivity contribution in [3.8, 4) is 10.8 Å². The van der Waals surface area contributed by atoms with E-state index >= 15 is 0 Å². The third-order valence-electron chi connectivity index (χ3n) is 2.82. The number of nitrogens with one attached hydrogen (secondary N) is 1. The molecule has 0 radical (unpaired) electrons. The summed E-state index contributed by atoms with van der Waals surface area (Å²) in [6.45, 7) is 4.28. The standard InChI is InChI=1S/C13H16N6OS/c1-2-5-14-7-10-8-19(18-16-10)9-12-15-13(20-17-12)11-4-3-6-21-11/h3-4,6,8,14H,2,5,7,9H2,1H3. The Morgan fingerprint density at radius 3 is 3.19 bits per heavy atom. The Hall–Kier alpha value is -2.06. The molecule has 0 unspecified atom stereocenters. The molecule has 0 saturated heterocycles. The van der Waals surface area contributed by atoms with Crippen LogP contribution >= 0.6 is 11.3 Å². The van der Waals surface area contributed by atoms with Gasteiger partial charge in [-0.1, -0.05) is 23.4 Å². The summed E-state index contributed by atoms with van der Waals surface area (Å²) in [6.07, 6.45) is 2.99. The third kappa shape index (κ3) is 3.53. The second-order valence-electron chi connectivity index (χ2n) is 4.58. The zero-order valence-electron chi connectivity index (χ0n) is 11.7. The molecule has 110 valence electrons. The molecule has 3 heterocycles. The summed E-state index contributed by atoms with van der Waals surface area (Å²) in [7, 11) is 0. The van der Waals surface area contributed by atoms with E-state index in [0.717, 1.165) is 30.1 Å². The summed E-state index contributed by atoms with van der Waals surface area (Å²) in [6, 6.07) is 3.91. The number of aromatic nitrogens is 5. The molecule has 3 rings (SSSR count). The zero-order chi connectivity index (χ0) is 14.5. The van der Waals surface area contributed by atoms with E-state index in [0.29, 0.717) is 18.3 Å². The highest BCUT2D eigenvalue weighted by molar-refractivity contribution is 7.13. The van der Waals surface area contributed by atoms with Crippen LogP contribution in [0.5, 0.6) is 0 Å². The fraction of sp³-hybridized carbons (Fsp3) is 0.385. The van der Waals surface area contributed by atoms with Gasteiger partial charge in [-0.2, -0.15) is 4.98 Å². The highest BCUT2D eigenvalue weighted by Gasteiger charge is 2.10. The molecule has 7 nitrogen and oxygen atoms in total. The first kappa shape index (κ1) is 13.9. The molecule has 3 aromatic rings. The number of hydrogen-bond donors (Lipinski definition) is 1. The van der Waals surface area contributed by atoms with E-state index in [9.17, 15) is 0 Å². The van der Waals surface area contributed by atoms with Crippen LogP contribution in [0.2, 0.25) is 0 Å². The second kappa shape index (κ2) is 6.59. The SMILES string of the molecule is CCCNCc1cn(Cc2noc(-c3cccs3)n2)nn1. The maximum absolute atomic E-state index is 5.24. The van der Waals surface area contributed by atoms with E-state index in [1.54, 1.807) is 16.0 Å². The summed E-state index contributed by atoms with van der Waals surface area (Å²) in [5.74, 6) is 1.14. The maximum Gasteiger partial charge on any atom is 0.268 e. The number of thiophene rings is 1. The molecule has 0 aromatic carbocycles. The van der Waals surface area contributed by atoms with Crippen LogP contribution in [0.3, 0.4) is 0 Å². The quantitative estimate of drug-likeness (QED) is 0.672. The lowest BCUT2D eigenvalue weighted by Gasteiger charge is -1.97. The number of nitrogens with zero attached hydrogens (tertiary/aromatic N) is 5. The lowest BCUT2D eigenvalue weighted by Crippen LogP contribution is -2.13. The summed E-state index contributed by atoms with van der Waals surface area (Å²) < 4.78 is 6.96. The maximum atomic E-state index is 5.24. The lowest BCUT2D eigenvalue weighted by molar-refractivity contribution is 0.419. The molecular weight excluding hydrogens is 288 g/mol. The monoisotopic (exact) mass is 304 g/mol. The minimum atomic E-state index is 0.454. The Morgan fingerprint density at radius 2 is 2.38 bits per heavy atom. The van der Waals surface area contributed by atoms with Gasteiger partial charge < -0.3 is 9.84 Å². The predicted octanol–water partition coefficient (Wildman–Crippen LogP) is 1.94. The Labute approximate surface area is 126 Å². The summed E-state index contributed by atoms with van der Waals surface area (Å²) in [5, 5.41) is 17.4. The molecule has 8 heteroatoms. The van der Waals surface area contributed by atoms with E-state index in [-0.39, 0.29) is 0 Å². The van der Waals surface area contributed by atoms with Crippen molar-refractivity contribution in [2.75, 3.05) is 6.54 Å².